The van der Waals surface area contributed by atoms with Crippen molar-refractivity contribution in [3.8, 4) is 0 Å². The Kier molecular flexibility index (Phi) is 6.40. The molecule has 0 bridgehead atoms. The van der Waals surface area contributed by atoms with Gasteiger partial charge in [0.2, 0.25) is 0 Å². The molecular weight excluding hydrogens is 406 g/mol. The van der Waals surface area contributed by atoms with Crippen molar-refractivity contribution in [2.24, 2.45) is 0 Å². The van der Waals surface area contributed by atoms with E-state index in [-0.39, 0.29) is 0 Å². The molecule has 14 heteroatoms. The van der Waals surface area contributed by atoms with Crippen molar-refractivity contribution in [1.82, 2.24) is 9.97 Å². The van der Waals surface area contributed by atoms with Crippen LogP contribution in [0.3, 0.4) is 0 Å². The lowest BCUT2D eigenvalue weighted by Crippen LogP contribution is -2.21. The summed E-state index contributed by atoms with van der Waals surface area (Å²) in [7, 11) is 0. The Morgan fingerprint density at radius 3 is 1.14 bits per heavy atom. The summed E-state index contributed by atoms with van der Waals surface area (Å²) in [6.45, 7) is 0. The van der Waals surface area contributed by atoms with Crippen molar-refractivity contribution in [2.45, 2.75) is 12.4 Å². The normalized spacial score (nSPS) is 11.4. The first-order chi connectivity index (χ1) is 12.6. The van der Waals surface area contributed by atoms with E-state index >= 15 is 0 Å². The van der Waals surface area contributed by atoms with Gasteiger partial charge in [0.15, 0.2) is 0 Å². The second-order valence-corrected chi connectivity index (χ2v) is 4.84. The Balaban J connectivity index is 0.000000280. The molecule has 0 atom stereocenters. The predicted molar refractivity (Wildman–Crippen MR) is 78.0 cm³/mol. The Bertz CT molecular complexity index is 923. The van der Waals surface area contributed by atoms with Crippen LogP contribution in [0.25, 0.3) is 0 Å². The number of carboxylic acids is 2. The molecule has 2 aromatic heterocycles. The summed E-state index contributed by atoms with van der Waals surface area (Å²) in [5.74, 6) is -3.14. The molecule has 4 N–H and O–H groups in total. The van der Waals surface area contributed by atoms with Crippen LogP contribution in [0.2, 0.25) is 0 Å². The molecule has 0 unspecified atom stereocenters. The molecule has 0 aromatic carbocycles. The lowest BCUT2D eigenvalue weighted by Gasteiger charge is -2.05. The molecule has 0 radical (unpaired) electrons. The molecule has 152 valence electrons. The zero-order valence-electron chi connectivity index (χ0n) is 13.1. The fraction of sp³-hybridized carbons (Fsp3) is 0.143. The average molecular weight is 414 g/mol. The topological polar surface area (TPSA) is 140 Å². The van der Waals surface area contributed by atoms with E-state index in [4.69, 9.17) is 10.2 Å². The molecule has 0 saturated carbocycles. The standard InChI is InChI=1S/2C7H4F3NO3/c2*8-7(9,10)4-2-1-3(6(13)14)5(12)11-4/h2*1-2H,(H,11,12)(H,13,14). The van der Waals surface area contributed by atoms with Crippen molar-refractivity contribution in [3.63, 3.8) is 0 Å². The van der Waals surface area contributed by atoms with Gasteiger partial charge in [-0.2, -0.15) is 26.3 Å². The van der Waals surface area contributed by atoms with Crippen molar-refractivity contribution in [2.75, 3.05) is 0 Å². The largest absolute Gasteiger partial charge is 0.477 e. The smallest absolute Gasteiger partial charge is 0.431 e. The predicted octanol–water partition coefficient (Wildman–Crippen LogP) is 2.18. The quantitative estimate of drug-likeness (QED) is 0.556. The number of carboxylic acid groups (broad SMARTS) is 2. The summed E-state index contributed by atoms with van der Waals surface area (Å²) in [4.78, 5) is 45.0. The summed E-state index contributed by atoms with van der Waals surface area (Å²) >= 11 is 0. The third-order valence-corrected chi connectivity index (χ3v) is 2.89. The zero-order valence-corrected chi connectivity index (χ0v) is 13.1. The number of aromatic nitrogens is 2. The maximum Gasteiger partial charge on any atom is 0.431 e. The summed E-state index contributed by atoms with van der Waals surface area (Å²) < 4.78 is 71.9. The maximum absolute atomic E-state index is 12.0. The summed E-state index contributed by atoms with van der Waals surface area (Å²) in [6, 6.07) is 2.24. The number of H-pyrrole nitrogens is 2. The van der Waals surface area contributed by atoms with Crippen LogP contribution in [0.5, 0.6) is 0 Å². The highest BCUT2D eigenvalue weighted by Gasteiger charge is 2.33. The molecule has 0 aliphatic heterocycles. The van der Waals surface area contributed by atoms with Crippen LogP contribution in [-0.2, 0) is 12.4 Å². The van der Waals surface area contributed by atoms with E-state index in [0.717, 1.165) is 0 Å². The van der Waals surface area contributed by atoms with Gasteiger partial charge < -0.3 is 20.2 Å². The van der Waals surface area contributed by atoms with Crippen LogP contribution in [-0.4, -0.2) is 32.1 Å². The number of hydrogen-bond acceptors (Lipinski definition) is 4. The van der Waals surface area contributed by atoms with E-state index in [1.807, 2.05) is 0 Å². The van der Waals surface area contributed by atoms with Crippen LogP contribution in [0.1, 0.15) is 32.1 Å². The van der Waals surface area contributed by atoms with Gasteiger partial charge in [-0.25, -0.2) is 9.59 Å². The highest BCUT2D eigenvalue weighted by Crippen LogP contribution is 2.27. The number of rotatable bonds is 2. The number of carbonyl (C=O) groups is 2. The lowest BCUT2D eigenvalue weighted by atomic mass is 10.2. The summed E-state index contributed by atoms with van der Waals surface area (Å²) in [5.41, 5.74) is -6.53. The van der Waals surface area contributed by atoms with E-state index in [9.17, 15) is 45.5 Å². The lowest BCUT2D eigenvalue weighted by molar-refractivity contribution is -0.142. The van der Waals surface area contributed by atoms with E-state index in [0.29, 0.717) is 24.3 Å². The van der Waals surface area contributed by atoms with Gasteiger partial charge >= 0.3 is 24.3 Å². The number of aromatic amines is 2. The molecule has 0 aliphatic carbocycles. The van der Waals surface area contributed by atoms with E-state index in [2.05, 4.69) is 0 Å². The summed E-state index contributed by atoms with van der Waals surface area (Å²) in [5, 5.41) is 16.7. The number of hydrogen-bond donors (Lipinski definition) is 4. The Morgan fingerprint density at radius 1 is 0.679 bits per heavy atom. The van der Waals surface area contributed by atoms with Crippen LogP contribution >= 0.6 is 0 Å². The highest BCUT2D eigenvalue weighted by atomic mass is 19.4. The van der Waals surface area contributed by atoms with Gasteiger partial charge in [0.25, 0.3) is 11.1 Å². The molecule has 28 heavy (non-hydrogen) atoms. The fourth-order valence-corrected chi connectivity index (χ4v) is 1.61. The minimum absolute atomic E-state index is 0.505. The molecule has 2 rings (SSSR count). The van der Waals surface area contributed by atoms with Crippen LogP contribution in [0.4, 0.5) is 26.3 Å². The molecule has 2 aromatic rings. The number of aromatic carboxylic acids is 2. The van der Waals surface area contributed by atoms with Gasteiger partial charge in [-0.3, -0.25) is 9.59 Å². The maximum atomic E-state index is 12.0. The molecule has 8 nitrogen and oxygen atoms in total. The first-order valence-electron chi connectivity index (χ1n) is 6.72. The monoisotopic (exact) mass is 414 g/mol. The van der Waals surface area contributed by atoms with Crippen LogP contribution < -0.4 is 11.1 Å². The van der Waals surface area contributed by atoms with Crippen molar-refractivity contribution >= 4 is 11.9 Å². The van der Waals surface area contributed by atoms with Crippen molar-refractivity contribution in [1.29, 1.82) is 0 Å². The van der Waals surface area contributed by atoms with Crippen molar-refractivity contribution in [3.05, 3.63) is 67.5 Å². The SMILES string of the molecule is O=C(O)c1ccc(C(F)(F)F)[nH]c1=O.O=C(O)c1ccc(C(F)(F)F)[nH]c1=O. The van der Waals surface area contributed by atoms with Gasteiger partial charge in [-0.15, -0.1) is 0 Å². The molecule has 0 amide bonds. The van der Waals surface area contributed by atoms with Crippen LogP contribution in [0.15, 0.2) is 33.9 Å². The van der Waals surface area contributed by atoms with Gasteiger partial charge in [-0.05, 0) is 24.3 Å². The van der Waals surface area contributed by atoms with E-state index in [1.165, 1.54) is 9.97 Å². The van der Waals surface area contributed by atoms with Gasteiger partial charge in [0, 0.05) is 0 Å². The second-order valence-electron chi connectivity index (χ2n) is 4.84. The number of nitrogens with one attached hydrogen (secondary N) is 2. The molecule has 2 heterocycles. The number of alkyl halides is 6. The van der Waals surface area contributed by atoms with Gasteiger partial charge in [0.1, 0.15) is 22.5 Å². The van der Waals surface area contributed by atoms with Gasteiger partial charge in [-0.1, -0.05) is 0 Å². The number of halogens is 6. The number of pyridine rings is 2. The van der Waals surface area contributed by atoms with E-state index in [1.54, 1.807) is 0 Å². The zero-order chi connectivity index (χ0) is 21.9. The molecule has 0 aliphatic rings. The second kappa shape index (κ2) is 7.98. The summed E-state index contributed by atoms with van der Waals surface area (Å²) in [6.07, 6.45) is -9.37. The molecule has 0 fully saturated rings. The molecular formula is C14H8F6N2O6. The average Bonchev–Trinajstić information content (AvgIpc) is 2.52. The molecule has 0 spiro atoms. The highest BCUT2D eigenvalue weighted by molar-refractivity contribution is 5.87. The first-order valence-corrected chi connectivity index (χ1v) is 6.72. The Hall–Kier alpha value is -3.58. The minimum Gasteiger partial charge on any atom is -0.477 e. The van der Waals surface area contributed by atoms with Crippen molar-refractivity contribution < 1.29 is 46.1 Å². The Labute approximate surface area is 149 Å². The minimum atomic E-state index is -4.68. The third-order valence-electron chi connectivity index (χ3n) is 2.89. The van der Waals surface area contributed by atoms with Crippen LogP contribution in [0, 0.1) is 0 Å². The van der Waals surface area contributed by atoms with Gasteiger partial charge in [0.05, 0.1) is 0 Å². The third kappa shape index (κ3) is 5.72. The first kappa shape index (κ1) is 22.5. The fourth-order valence-electron chi connectivity index (χ4n) is 1.61. The Morgan fingerprint density at radius 2 is 0.964 bits per heavy atom. The van der Waals surface area contributed by atoms with E-state index < -0.39 is 57.9 Å². The molecule has 0 saturated heterocycles.